The van der Waals surface area contributed by atoms with E-state index in [1.807, 2.05) is 25.2 Å². The number of urea groups is 1. The van der Waals surface area contributed by atoms with Gasteiger partial charge in [-0.3, -0.25) is 19.7 Å². The van der Waals surface area contributed by atoms with Crippen molar-refractivity contribution in [3.63, 3.8) is 0 Å². The molecule has 0 heterocycles. The Balaban J connectivity index is 2.62. The highest BCUT2D eigenvalue weighted by Gasteiger charge is 2.27. The molecule has 136 valence electrons. The van der Waals surface area contributed by atoms with Crippen molar-refractivity contribution in [2.24, 2.45) is 11.7 Å². The van der Waals surface area contributed by atoms with Gasteiger partial charge in [0.15, 0.2) is 11.9 Å². The first-order valence-electron chi connectivity index (χ1n) is 8.02. The standard InChI is InChI=1S/C18H24N2O5/c1-10(2)16(17(23)20-18(19)24)25-15(22)8-7-14(21)13-6-5-11(3)12(4)9-13/h5-6,9-10,16H,7-8H2,1-4H3,(H3,19,20,23,24)/t16-/m0/s1. The summed E-state index contributed by atoms with van der Waals surface area (Å²) in [6.45, 7) is 7.19. The van der Waals surface area contributed by atoms with Crippen molar-refractivity contribution >= 4 is 23.7 Å². The van der Waals surface area contributed by atoms with Crippen LogP contribution in [-0.2, 0) is 14.3 Å². The summed E-state index contributed by atoms with van der Waals surface area (Å²) in [5, 5.41) is 1.89. The molecule has 0 aliphatic rings. The average Bonchev–Trinajstić information content (AvgIpc) is 2.51. The van der Waals surface area contributed by atoms with Crippen molar-refractivity contribution in [3.05, 3.63) is 34.9 Å². The molecule has 25 heavy (non-hydrogen) atoms. The van der Waals surface area contributed by atoms with Crippen LogP contribution in [-0.4, -0.2) is 29.8 Å². The first kappa shape index (κ1) is 20.3. The molecule has 0 spiro atoms. The topological polar surface area (TPSA) is 116 Å². The number of amides is 3. The fraction of sp³-hybridized carbons (Fsp3) is 0.444. The maximum absolute atomic E-state index is 12.2. The van der Waals surface area contributed by atoms with E-state index in [1.54, 1.807) is 26.0 Å². The van der Waals surface area contributed by atoms with Crippen LogP contribution in [0, 0.1) is 19.8 Å². The lowest BCUT2D eigenvalue weighted by molar-refractivity contribution is -0.158. The second kappa shape index (κ2) is 8.96. The Hall–Kier alpha value is -2.70. The highest BCUT2D eigenvalue weighted by Crippen LogP contribution is 2.14. The van der Waals surface area contributed by atoms with Crippen LogP contribution in [0.4, 0.5) is 4.79 Å². The van der Waals surface area contributed by atoms with Gasteiger partial charge in [0.05, 0.1) is 6.42 Å². The molecule has 0 saturated heterocycles. The minimum absolute atomic E-state index is 0.0242. The second-order valence-corrected chi connectivity index (χ2v) is 6.23. The van der Waals surface area contributed by atoms with Crippen LogP contribution < -0.4 is 11.1 Å². The minimum atomic E-state index is -1.14. The van der Waals surface area contributed by atoms with E-state index in [0.717, 1.165) is 11.1 Å². The van der Waals surface area contributed by atoms with Crippen LogP contribution in [0.5, 0.6) is 0 Å². The number of imide groups is 1. The molecular weight excluding hydrogens is 324 g/mol. The van der Waals surface area contributed by atoms with E-state index in [9.17, 15) is 19.2 Å². The molecule has 1 rings (SSSR count). The normalized spacial score (nSPS) is 11.7. The van der Waals surface area contributed by atoms with Gasteiger partial charge in [-0.05, 0) is 37.0 Å². The van der Waals surface area contributed by atoms with Crippen molar-refractivity contribution in [3.8, 4) is 0 Å². The number of aryl methyl sites for hydroxylation is 2. The Morgan fingerprint density at radius 2 is 1.72 bits per heavy atom. The smallest absolute Gasteiger partial charge is 0.318 e. The van der Waals surface area contributed by atoms with Gasteiger partial charge in [-0.15, -0.1) is 0 Å². The van der Waals surface area contributed by atoms with E-state index in [0.29, 0.717) is 5.56 Å². The zero-order chi connectivity index (χ0) is 19.1. The number of nitrogens with one attached hydrogen (secondary N) is 1. The monoisotopic (exact) mass is 348 g/mol. The van der Waals surface area contributed by atoms with E-state index in [1.165, 1.54) is 0 Å². The zero-order valence-electron chi connectivity index (χ0n) is 14.9. The number of esters is 1. The number of ether oxygens (including phenoxy) is 1. The van der Waals surface area contributed by atoms with Crippen LogP contribution >= 0.6 is 0 Å². The maximum atomic E-state index is 12.2. The molecule has 0 aliphatic heterocycles. The number of rotatable bonds is 7. The summed E-state index contributed by atoms with van der Waals surface area (Å²) in [6, 6.07) is 4.33. The van der Waals surface area contributed by atoms with E-state index >= 15 is 0 Å². The zero-order valence-corrected chi connectivity index (χ0v) is 14.9. The number of carbonyl (C=O) groups is 4. The molecule has 0 unspecified atom stereocenters. The summed E-state index contributed by atoms with van der Waals surface area (Å²) in [5.41, 5.74) is 7.50. The molecule has 0 aromatic heterocycles. The molecule has 7 nitrogen and oxygen atoms in total. The molecule has 3 amide bonds. The molecule has 1 atom stereocenters. The number of Topliss-reactive ketones (excluding diaryl/α,β-unsaturated/α-hetero) is 1. The van der Waals surface area contributed by atoms with Crippen molar-refractivity contribution < 1.29 is 23.9 Å². The fourth-order valence-corrected chi connectivity index (χ4v) is 2.16. The largest absolute Gasteiger partial charge is 0.452 e. The number of benzene rings is 1. The Labute approximate surface area is 146 Å². The Bertz CT molecular complexity index is 682. The van der Waals surface area contributed by atoms with Gasteiger partial charge in [-0.25, -0.2) is 4.79 Å². The summed E-state index contributed by atoms with van der Waals surface area (Å²) in [4.78, 5) is 46.7. The molecule has 0 aliphatic carbocycles. The molecule has 3 N–H and O–H groups in total. The van der Waals surface area contributed by atoms with Gasteiger partial charge in [0, 0.05) is 12.0 Å². The van der Waals surface area contributed by atoms with Gasteiger partial charge in [-0.1, -0.05) is 26.0 Å². The predicted molar refractivity (Wildman–Crippen MR) is 91.9 cm³/mol. The average molecular weight is 348 g/mol. The molecule has 0 saturated carbocycles. The molecule has 0 bridgehead atoms. The SMILES string of the molecule is Cc1ccc(C(=O)CCC(=O)O[C@H](C(=O)NC(N)=O)C(C)C)cc1C. The molecular formula is C18H24N2O5. The third-order valence-corrected chi connectivity index (χ3v) is 3.75. The Morgan fingerprint density at radius 1 is 1.08 bits per heavy atom. The molecule has 1 aromatic rings. The van der Waals surface area contributed by atoms with Crippen LogP contribution in [0.25, 0.3) is 0 Å². The maximum Gasteiger partial charge on any atom is 0.318 e. The third kappa shape index (κ3) is 6.37. The summed E-state index contributed by atoms with van der Waals surface area (Å²) in [5.74, 6) is -1.99. The van der Waals surface area contributed by atoms with Gasteiger partial charge in [-0.2, -0.15) is 0 Å². The summed E-state index contributed by atoms with van der Waals surface area (Å²) in [7, 11) is 0. The van der Waals surface area contributed by atoms with Gasteiger partial charge < -0.3 is 10.5 Å². The number of nitrogens with two attached hydrogens (primary N) is 1. The molecule has 1 aromatic carbocycles. The van der Waals surface area contributed by atoms with Crippen molar-refractivity contribution in [2.75, 3.05) is 0 Å². The second-order valence-electron chi connectivity index (χ2n) is 6.23. The predicted octanol–water partition coefficient (Wildman–Crippen LogP) is 2.03. The lowest BCUT2D eigenvalue weighted by Crippen LogP contribution is -2.45. The van der Waals surface area contributed by atoms with E-state index < -0.39 is 24.0 Å². The molecule has 7 heteroatoms. The number of ketones is 1. The van der Waals surface area contributed by atoms with Gasteiger partial charge in [0.25, 0.3) is 5.91 Å². The highest BCUT2D eigenvalue weighted by atomic mass is 16.5. The quantitative estimate of drug-likeness (QED) is 0.578. The van der Waals surface area contributed by atoms with E-state index in [4.69, 9.17) is 10.5 Å². The van der Waals surface area contributed by atoms with E-state index in [2.05, 4.69) is 0 Å². The highest BCUT2D eigenvalue weighted by molar-refractivity contribution is 5.98. The number of primary amides is 1. The van der Waals surface area contributed by atoms with Crippen molar-refractivity contribution in [2.45, 2.75) is 46.6 Å². The van der Waals surface area contributed by atoms with Crippen LogP contribution in [0.2, 0.25) is 0 Å². The van der Waals surface area contributed by atoms with Gasteiger partial charge >= 0.3 is 12.0 Å². The first-order chi connectivity index (χ1) is 11.6. The third-order valence-electron chi connectivity index (χ3n) is 3.75. The molecule has 0 fully saturated rings. The van der Waals surface area contributed by atoms with Gasteiger partial charge in [0.1, 0.15) is 0 Å². The number of hydrogen-bond acceptors (Lipinski definition) is 5. The van der Waals surface area contributed by atoms with Crippen LogP contribution in [0.1, 0.15) is 48.2 Å². The van der Waals surface area contributed by atoms with Crippen LogP contribution in [0.15, 0.2) is 18.2 Å². The van der Waals surface area contributed by atoms with Gasteiger partial charge in [0.2, 0.25) is 0 Å². The minimum Gasteiger partial charge on any atom is -0.452 e. The Kier molecular flexibility index (Phi) is 7.29. The van der Waals surface area contributed by atoms with E-state index in [-0.39, 0.29) is 24.5 Å². The Morgan fingerprint density at radius 3 is 2.24 bits per heavy atom. The van der Waals surface area contributed by atoms with Crippen molar-refractivity contribution in [1.82, 2.24) is 5.32 Å². The number of hydrogen-bond donors (Lipinski definition) is 2. The summed E-state index contributed by atoms with van der Waals surface area (Å²) >= 11 is 0. The summed E-state index contributed by atoms with van der Waals surface area (Å²) < 4.78 is 5.09. The number of carbonyl (C=O) groups excluding carboxylic acids is 4. The first-order valence-corrected chi connectivity index (χ1v) is 8.02. The van der Waals surface area contributed by atoms with Crippen molar-refractivity contribution in [1.29, 1.82) is 0 Å². The van der Waals surface area contributed by atoms with Crippen LogP contribution in [0.3, 0.4) is 0 Å². The lowest BCUT2D eigenvalue weighted by Gasteiger charge is -2.19. The fourth-order valence-electron chi connectivity index (χ4n) is 2.16. The lowest BCUT2D eigenvalue weighted by atomic mass is 10.0. The molecule has 0 radical (unpaired) electrons. The summed E-state index contributed by atoms with van der Waals surface area (Å²) in [6.07, 6.45) is -1.32.